The Morgan fingerprint density at radius 1 is 1.00 bits per heavy atom. The molecule has 1 saturated heterocycles. The van der Waals surface area contributed by atoms with Crippen LogP contribution in [0.15, 0.2) is 58.7 Å². The second kappa shape index (κ2) is 8.76. The number of nitrogens with zero attached hydrogens (tertiary/aromatic N) is 4. The van der Waals surface area contributed by atoms with Crippen LogP contribution in [0.5, 0.6) is 0 Å². The molecule has 0 unspecified atom stereocenters. The molecule has 8 nitrogen and oxygen atoms in total. The van der Waals surface area contributed by atoms with Gasteiger partial charge in [-0.3, -0.25) is 19.0 Å². The summed E-state index contributed by atoms with van der Waals surface area (Å²) < 4.78 is 15.1. The van der Waals surface area contributed by atoms with Crippen LogP contribution in [0.3, 0.4) is 0 Å². The van der Waals surface area contributed by atoms with Gasteiger partial charge in [0.15, 0.2) is 5.16 Å². The predicted molar refractivity (Wildman–Crippen MR) is 114 cm³/mol. The number of amides is 2. The number of imidazole rings is 1. The number of piperazine rings is 1. The van der Waals surface area contributed by atoms with Crippen LogP contribution in [-0.4, -0.2) is 68.6 Å². The maximum absolute atomic E-state index is 13.4. The highest BCUT2D eigenvalue weighted by atomic mass is 32.2. The molecule has 0 saturated carbocycles. The number of pyridine rings is 1. The normalized spacial score (nSPS) is 14.0. The summed E-state index contributed by atoms with van der Waals surface area (Å²) in [7, 11) is 0. The Morgan fingerprint density at radius 3 is 2.23 bits per heavy atom. The molecule has 31 heavy (non-hydrogen) atoms. The molecule has 1 aromatic carbocycles. The monoisotopic (exact) mass is 441 g/mol. The van der Waals surface area contributed by atoms with Crippen LogP contribution in [-0.2, 0) is 0 Å². The summed E-state index contributed by atoms with van der Waals surface area (Å²) in [5.41, 5.74) is 1.17. The van der Waals surface area contributed by atoms with Crippen molar-refractivity contribution < 1.29 is 14.0 Å². The van der Waals surface area contributed by atoms with E-state index in [-0.39, 0.29) is 23.2 Å². The first-order chi connectivity index (χ1) is 15.0. The van der Waals surface area contributed by atoms with Crippen LogP contribution in [0.2, 0.25) is 0 Å². The van der Waals surface area contributed by atoms with Crippen molar-refractivity contribution in [1.29, 1.82) is 0 Å². The summed E-state index contributed by atoms with van der Waals surface area (Å²) in [5.74, 6) is -0.747. The van der Waals surface area contributed by atoms with Gasteiger partial charge in [0.05, 0.1) is 11.8 Å². The number of carbonyl (C=O) groups is 2. The van der Waals surface area contributed by atoms with E-state index in [4.69, 9.17) is 0 Å². The second-order valence-electron chi connectivity index (χ2n) is 6.97. The largest absolute Gasteiger partial charge is 0.335 e. The SMILES string of the molecule is CSc1ncc(C(=O)N2CCN(C(=O)c3ccc(=O)[nH]c3)CC2)n1-c1ccc(F)cc1. The van der Waals surface area contributed by atoms with Crippen molar-refractivity contribution in [2.45, 2.75) is 5.16 Å². The predicted octanol–water partition coefficient (Wildman–Crippen LogP) is 2.02. The van der Waals surface area contributed by atoms with E-state index < -0.39 is 0 Å². The van der Waals surface area contributed by atoms with Crippen LogP contribution < -0.4 is 5.56 Å². The van der Waals surface area contributed by atoms with Crippen molar-refractivity contribution in [2.24, 2.45) is 0 Å². The van der Waals surface area contributed by atoms with Crippen LogP contribution in [0.4, 0.5) is 4.39 Å². The number of thioether (sulfide) groups is 1. The van der Waals surface area contributed by atoms with E-state index in [1.807, 2.05) is 6.26 Å². The van der Waals surface area contributed by atoms with Gasteiger partial charge in [-0.2, -0.15) is 0 Å². The van der Waals surface area contributed by atoms with Crippen molar-refractivity contribution >= 4 is 23.6 Å². The summed E-state index contributed by atoms with van der Waals surface area (Å²) >= 11 is 1.39. The van der Waals surface area contributed by atoms with Gasteiger partial charge in [-0.1, -0.05) is 11.8 Å². The summed E-state index contributed by atoms with van der Waals surface area (Å²) in [4.78, 5) is 47.2. The van der Waals surface area contributed by atoms with Gasteiger partial charge in [-0.15, -0.1) is 0 Å². The molecule has 0 spiro atoms. The van der Waals surface area contributed by atoms with Crippen molar-refractivity contribution in [2.75, 3.05) is 32.4 Å². The zero-order valence-electron chi connectivity index (χ0n) is 16.7. The molecule has 160 valence electrons. The molecular formula is C21H20FN5O3S. The Balaban J connectivity index is 1.50. The second-order valence-corrected chi connectivity index (χ2v) is 7.74. The minimum absolute atomic E-state index is 0.190. The number of aromatic nitrogens is 3. The lowest BCUT2D eigenvalue weighted by Gasteiger charge is -2.34. The number of halogens is 1. The van der Waals surface area contributed by atoms with Gasteiger partial charge in [-0.05, 0) is 36.6 Å². The van der Waals surface area contributed by atoms with Gasteiger partial charge in [0.2, 0.25) is 5.56 Å². The Morgan fingerprint density at radius 2 is 1.65 bits per heavy atom. The van der Waals surface area contributed by atoms with Crippen molar-refractivity contribution in [3.63, 3.8) is 0 Å². The van der Waals surface area contributed by atoms with Crippen molar-refractivity contribution in [1.82, 2.24) is 24.3 Å². The first kappa shape index (κ1) is 20.9. The molecule has 4 rings (SSSR count). The first-order valence-electron chi connectivity index (χ1n) is 9.63. The fraction of sp³-hybridized carbons (Fsp3) is 0.238. The molecule has 0 aliphatic carbocycles. The molecule has 1 N–H and O–H groups in total. The van der Waals surface area contributed by atoms with E-state index in [1.54, 1.807) is 26.5 Å². The van der Waals surface area contributed by atoms with E-state index in [1.165, 1.54) is 48.4 Å². The summed E-state index contributed by atoms with van der Waals surface area (Å²) in [5, 5.41) is 0.627. The van der Waals surface area contributed by atoms with Crippen LogP contribution >= 0.6 is 11.8 Å². The molecule has 10 heteroatoms. The molecule has 0 bridgehead atoms. The Hall–Kier alpha value is -3.40. The average Bonchev–Trinajstić information content (AvgIpc) is 3.23. The Bertz CT molecular complexity index is 1150. The molecule has 1 aliphatic heterocycles. The van der Waals surface area contributed by atoms with Crippen LogP contribution in [0.1, 0.15) is 20.8 Å². The molecule has 3 heterocycles. The van der Waals surface area contributed by atoms with E-state index in [2.05, 4.69) is 9.97 Å². The van der Waals surface area contributed by atoms with Crippen LogP contribution in [0.25, 0.3) is 5.69 Å². The molecule has 2 aromatic heterocycles. The van der Waals surface area contributed by atoms with Gasteiger partial charge in [0, 0.05) is 44.1 Å². The highest BCUT2D eigenvalue weighted by Gasteiger charge is 2.28. The Kier molecular flexibility index (Phi) is 5.90. The van der Waals surface area contributed by atoms with Gasteiger partial charge in [0.25, 0.3) is 11.8 Å². The van der Waals surface area contributed by atoms with Gasteiger partial charge < -0.3 is 14.8 Å². The minimum Gasteiger partial charge on any atom is -0.335 e. The topological polar surface area (TPSA) is 91.3 Å². The Labute approximate surface area is 181 Å². The number of nitrogens with one attached hydrogen (secondary N) is 1. The van der Waals surface area contributed by atoms with E-state index in [9.17, 15) is 18.8 Å². The lowest BCUT2D eigenvalue weighted by Crippen LogP contribution is -2.51. The van der Waals surface area contributed by atoms with E-state index in [0.29, 0.717) is 48.3 Å². The fourth-order valence-corrected chi connectivity index (χ4v) is 4.01. The number of hydrogen-bond donors (Lipinski definition) is 1. The number of hydrogen-bond acceptors (Lipinski definition) is 5. The highest BCUT2D eigenvalue weighted by Crippen LogP contribution is 2.23. The van der Waals surface area contributed by atoms with Gasteiger partial charge >= 0.3 is 0 Å². The zero-order chi connectivity index (χ0) is 22.0. The first-order valence-corrected chi connectivity index (χ1v) is 10.9. The maximum Gasteiger partial charge on any atom is 0.272 e. The third-order valence-electron chi connectivity index (χ3n) is 5.10. The average molecular weight is 441 g/mol. The number of H-pyrrole nitrogens is 1. The lowest BCUT2D eigenvalue weighted by molar-refractivity contribution is 0.0530. The minimum atomic E-state index is -0.356. The quantitative estimate of drug-likeness (QED) is 0.626. The molecule has 2 amide bonds. The summed E-state index contributed by atoms with van der Waals surface area (Å²) in [6.45, 7) is 1.50. The number of rotatable bonds is 4. The summed E-state index contributed by atoms with van der Waals surface area (Å²) in [6, 6.07) is 8.70. The van der Waals surface area contributed by atoms with E-state index >= 15 is 0 Å². The number of aromatic amines is 1. The fourth-order valence-electron chi connectivity index (χ4n) is 3.47. The summed E-state index contributed by atoms with van der Waals surface area (Å²) in [6.07, 6.45) is 4.78. The third-order valence-corrected chi connectivity index (χ3v) is 5.75. The lowest BCUT2D eigenvalue weighted by atomic mass is 10.2. The van der Waals surface area contributed by atoms with Crippen molar-refractivity contribution in [3.05, 3.63) is 76.2 Å². The molecule has 3 aromatic rings. The third kappa shape index (κ3) is 4.24. The number of carbonyl (C=O) groups excluding carboxylic acids is 2. The number of benzene rings is 1. The standard InChI is InChI=1S/C21H20FN5O3S/c1-31-21-24-13-17(27(21)16-5-3-15(22)4-6-16)20(30)26-10-8-25(9-11-26)19(29)14-2-7-18(28)23-12-14/h2-7,12-13H,8-11H2,1H3,(H,23,28). The highest BCUT2D eigenvalue weighted by molar-refractivity contribution is 7.98. The van der Waals surface area contributed by atoms with Gasteiger partial charge in [-0.25, -0.2) is 9.37 Å². The van der Waals surface area contributed by atoms with Gasteiger partial charge in [0.1, 0.15) is 11.5 Å². The molecule has 0 atom stereocenters. The smallest absolute Gasteiger partial charge is 0.272 e. The van der Waals surface area contributed by atoms with Crippen molar-refractivity contribution in [3.8, 4) is 5.69 Å². The molecular weight excluding hydrogens is 421 g/mol. The maximum atomic E-state index is 13.4. The van der Waals surface area contributed by atoms with E-state index in [0.717, 1.165) is 0 Å². The molecule has 0 radical (unpaired) electrons. The zero-order valence-corrected chi connectivity index (χ0v) is 17.6. The molecule has 1 fully saturated rings. The van der Waals surface area contributed by atoms with Crippen LogP contribution in [0, 0.1) is 5.82 Å². The molecule has 1 aliphatic rings.